The zero-order chi connectivity index (χ0) is 22.6. The third-order valence-corrected chi connectivity index (χ3v) is 8.67. The molecule has 1 fully saturated rings. The Morgan fingerprint density at radius 1 is 1.32 bits per heavy atom. The van der Waals surface area contributed by atoms with Crippen molar-refractivity contribution in [2.75, 3.05) is 31.5 Å². The summed E-state index contributed by atoms with van der Waals surface area (Å²) in [4.78, 5) is 19.9. The number of hydrogen-bond acceptors (Lipinski definition) is 6. The number of carbonyl (C=O) groups excluding carboxylic acids is 1. The Morgan fingerprint density at radius 2 is 2.06 bits per heavy atom. The Morgan fingerprint density at radius 3 is 2.74 bits per heavy atom. The molecule has 2 heterocycles. The van der Waals surface area contributed by atoms with Crippen LogP contribution in [0.25, 0.3) is 0 Å². The van der Waals surface area contributed by atoms with E-state index < -0.39 is 10.0 Å². The predicted octanol–water partition coefficient (Wildman–Crippen LogP) is 3.97. The Balaban J connectivity index is 1.72. The maximum absolute atomic E-state index is 12.9. The molecule has 170 valence electrons. The summed E-state index contributed by atoms with van der Waals surface area (Å²) in [6.45, 7) is 11.3. The normalized spacial score (nSPS) is 17.8. The van der Waals surface area contributed by atoms with E-state index in [-0.39, 0.29) is 10.8 Å². The number of nitrogens with zero attached hydrogens (tertiary/aromatic N) is 3. The van der Waals surface area contributed by atoms with Gasteiger partial charge in [0.2, 0.25) is 10.0 Å². The van der Waals surface area contributed by atoms with Gasteiger partial charge in [-0.05, 0) is 49.9 Å². The highest BCUT2D eigenvalue weighted by Crippen LogP contribution is 2.24. The van der Waals surface area contributed by atoms with Crippen LogP contribution in [0.4, 0.5) is 5.13 Å². The second-order valence-corrected chi connectivity index (χ2v) is 10.9. The van der Waals surface area contributed by atoms with Crippen LogP contribution in [0, 0.1) is 12.8 Å². The molecule has 9 heteroatoms. The number of anilines is 1. The first-order valence-electron chi connectivity index (χ1n) is 10.8. The second kappa shape index (κ2) is 10.2. The van der Waals surface area contributed by atoms with Gasteiger partial charge in [-0.1, -0.05) is 26.8 Å². The van der Waals surface area contributed by atoms with Crippen molar-refractivity contribution in [2.45, 2.75) is 52.0 Å². The topological polar surface area (TPSA) is 82.6 Å². The van der Waals surface area contributed by atoms with Gasteiger partial charge in [-0.15, -0.1) is 11.3 Å². The summed E-state index contributed by atoms with van der Waals surface area (Å²) in [5, 5.41) is 5.32. The highest BCUT2D eigenvalue weighted by molar-refractivity contribution is 7.89. The lowest BCUT2D eigenvalue weighted by Gasteiger charge is -2.30. The highest BCUT2D eigenvalue weighted by Gasteiger charge is 2.25. The molecule has 0 spiro atoms. The maximum atomic E-state index is 12.9. The van der Waals surface area contributed by atoms with Crippen molar-refractivity contribution in [1.82, 2.24) is 14.2 Å². The zero-order valence-corrected chi connectivity index (χ0v) is 20.4. The van der Waals surface area contributed by atoms with E-state index in [1.54, 1.807) is 32.9 Å². The molecule has 1 N–H and O–H groups in total. The van der Waals surface area contributed by atoms with Crippen LogP contribution >= 0.6 is 11.3 Å². The largest absolute Gasteiger partial charge is 0.298 e. The smallest absolute Gasteiger partial charge is 0.257 e. The van der Waals surface area contributed by atoms with Crippen molar-refractivity contribution < 1.29 is 13.2 Å². The monoisotopic (exact) mass is 464 g/mol. The van der Waals surface area contributed by atoms with E-state index in [2.05, 4.69) is 22.1 Å². The summed E-state index contributed by atoms with van der Waals surface area (Å²) in [6, 6.07) is 4.79. The summed E-state index contributed by atoms with van der Waals surface area (Å²) >= 11 is 1.39. The summed E-state index contributed by atoms with van der Waals surface area (Å²) in [6.07, 6.45) is 2.48. The quantitative estimate of drug-likeness (QED) is 0.639. The fourth-order valence-electron chi connectivity index (χ4n) is 3.99. The van der Waals surface area contributed by atoms with Gasteiger partial charge in [0.15, 0.2) is 5.13 Å². The van der Waals surface area contributed by atoms with E-state index in [0.717, 1.165) is 25.3 Å². The van der Waals surface area contributed by atoms with Gasteiger partial charge < -0.3 is 0 Å². The van der Waals surface area contributed by atoms with Crippen LogP contribution in [-0.4, -0.2) is 54.7 Å². The molecular formula is C22H32N4O3S2. The molecule has 1 atom stereocenters. The standard InChI is InChI=1S/C22H32N4O3S2/c1-5-26(6-2)31(28,29)20-12-18(10-9-17(20)4)21(27)24-22-23-19(15-30-22)14-25-11-7-8-16(3)13-25/h9-10,12,15-16H,5-8,11,13-14H2,1-4H3,(H,23,24,27)/t16-/m0/s1. The molecule has 0 unspecified atom stereocenters. The van der Waals surface area contributed by atoms with Gasteiger partial charge in [0.05, 0.1) is 10.6 Å². The van der Waals surface area contributed by atoms with Crippen LogP contribution in [0.1, 0.15) is 55.2 Å². The van der Waals surface area contributed by atoms with Crippen LogP contribution in [-0.2, 0) is 16.6 Å². The van der Waals surface area contributed by atoms with Crippen LogP contribution in [0.15, 0.2) is 28.5 Å². The van der Waals surface area contributed by atoms with E-state index in [4.69, 9.17) is 0 Å². The lowest BCUT2D eigenvalue weighted by atomic mass is 10.0. The number of benzene rings is 1. The average Bonchev–Trinajstić information content (AvgIpc) is 3.15. The number of rotatable bonds is 8. The lowest BCUT2D eigenvalue weighted by molar-refractivity contribution is 0.102. The van der Waals surface area contributed by atoms with Gasteiger partial charge in [-0.2, -0.15) is 4.31 Å². The average molecular weight is 465 g/mol. The van der Waals surface area contributed by atoms with Crippen molar-refractivity contribution in [3.63, 3.8) is 0 Å². The van der Waals surface area contributed by atoms with Gasteiger partial charge in [-0.25, -0.2) is 13.4 Å². The van der Waals surface area contributed by atoms with Crippen molar-refractivity contribution >= 4 is 32.4 Å². The molecule has 1 saturated heterocycles. The Bertz CT molecular complexity index is 1020. The van der Waals surface area contributed by atoms with Crippen molar-refractivity contribution in [3.05, 3.63) is 40.4 Å². The van der Waals surface area contributed by atoms with Gasteiger partial charge in [-0.3, -0.25) is 15.0 Å². The number of nitrogens with one attached hydrogen (secondary N) is 1. The molecule has 31 heavy (non-hydrogen) atoms. The second-order valence-electron chi connectivity index (χ2n) is 8.15. The molecule has 1 amide bonds. The Labute approximate surface area is 189 Å². The molecule has 0 radical (unpaired) electrons. The number of likely N-dealkylation sites (tertiary alicyclic amines) is 1. The van der Waals surface area contributed by atoms with Gasteiger partial charge >= 0.3 is 0 Å². The third-order valence-electron chi connectivity index (χ3n) is 5.67. The molecule has 0 aliphatic carbocycles. The molecule has 0 bridgehead atoms. The summed E-state index contributed by atoms with van der Waals surface area (Å²) in [7, 11) is -3.64. The highest BCUT2D eigenvalue weighted by atomic mass is 32.2. The minimum absolute atomic E-state index is 0.169. The first kappa shape index (κ1) is 23.8. The molecular weight excluding hydrogens is 432 g/mol. The molecule has 2 aromatic rings. The third kappa shape index (κ3) is 5.71. The number of thiazole rings is 1. The number of aromatic nitrogens is 1. The van der Waals surface area contributed by atoms with Gasteiger partial charge in [0.1, 0.15) is 0 Å². The van der Waals surface area contributed by atoms with E-state index >= 15 is 0 Å². The Hall–Kier alpha value is -1.81. The first-order chi connectivity index (χ1) is 14.7. The molecule has 1 aromatic heterocycles. The molecule has 7 nitrogen and oxygen atoms in total. The summed E-state index contributed by atoms with van der Waals surface area (Å²) < 4.78 is 27.3. The molecule has 1 aliphatic rings. The lowest BCUT2D eigenvalue weighted by Crippen LogP contribution is -2.33. The van der Waals surface area contributed by atoms with Crippen LogP contribution < -0.4 is 5.32 Å². The van der Waals surface area contributed by atoms with Crippen molar-refractivity contribution in [1.29, 1.82) is 0 Å². The SMILES string of the molecule is CCN(CC)S(=O)(=O)c1cc(C(=O)Nc2nc(CN3CCC[C@H](C)C3)cs2)ccc1C. The van der Waals surface area contributed by atoms with E-state index in [1.165, 1.54) is 34.6 Å². The van der Waals surface area contributed by atoms with Crippen LogP contribution in [0.3, 0.4) is 0 Å². The fraction of sp³-hybridized carbons (Fsp3) is 0.545. The van der Waals surface area contributed by atoms with Crippen LogP contribution in [0.2, 0.25) is 0 Å². The number of sulfonamides is 1. The summed E-state index contributed by atoms with van der Waals surface area (Å²) in [5.41, 5.74) is 1.87. The number of aryl methyl sites for hydroxylation is 1. The minimum atomic E-state index is -3.64. The molecule has 1 aromatic carbocycles. The van der Waals surface area contributed by atoms with Crippen molar-refractivity contribution in [2.24, 2.45) is 5.92 Å². The molecule has 1 aliphatic heterocycles. The number of piperidine rings is 1. The molecule has 0 saturated carbocycles. The van der Waals surface area contributed by atoms with E-state index in [0.29, 0.717) is 35.3 Å². The fourth-order valence-corrected chi connectivity index (χ4v) is 6.39. The zero-order valence-electron chi connectivity index (χ0n) is 18.7. The van der Waals surface area contributed by atoms with Gasteiger partial charge in [0, 0.05) is 37.1 Å². The predicted molar refractivity (Wildman–Crippen MR) is 125 cm³/mol. The van der Waals surface area contributed by atoms with E-state index in [9.17, 15) is 13.2 Å². The van der Waals surface area contributed by atoms with Crippen molar-refractivity contribution in [3.8, 4) is 0 Å². The number of amides is 1. The maximum Gasteiger partial charge on any atom is 0.257 e. The number of carbonyl (C=O) groups is 1. The minimum Gasteiger partial charge on any atom is -0.298 e. The Kier molecular flexibility index (Phi) is 7.85. The van der Waals surface area contributed by atoms with Gasteiger partial charge in [0.25, 0.3) is 5.91 Å². The summed E-state index contributed by atoms with van der Waals surface area (Å²) in [5.74, 6) is 0.346. The molecule has 3 rings (SSSR count). The van der Waals surface area contributed by atoms with Crippen LogP contribution in [0.5, 0.6) is 0 Å². The number of hydrogen-bond donors (Lipinski definition) is 1. The van der Waals surface area contributed by atoms with E-state index in [1.807, 2.05) is 5.38 Å². The first-order valence-corrected chi connectivity index (χ1v) is 13.2.